The molecular formula is C12H9ClFNO3S. The van der Waals surface area contributed by atoms with Crippen LogP contribution in [0.3, 0.4) is 0 Å². The van der Waals surface area contributed by atoms with Gasteiger partial charge in [0, 0.05) is 6.07 Å². The smallest absolute Gasteiger partial charge is 0.351 e. The van der Waals surface area contributed by atoms with Gasteiger partial charge in [-0.05, 0) is 18.6 Å². The molecule has 0 aliphatic carbocycles. The van der Waals surface area contributed by atoms with Gasteiger partial charge < -0.3 is 9.47 Å². The molecule has 2 rings (SSSR count). The topological polar surface area (TPSA) is 48.4 Å². The first-order valence-corrected chi connectivity index (χ1v) is 6.39. The predicted molar refractivity (Wildman–Crippen MR) is 69.7 cm³/mol. The van der Waals surface area contributed by atoms with Crippen LogP contribution < -0.4 is 4.74 Å². The van der Waals surface area contributed by atoms with Crippen LogP contribution in [0.4, 0.5) is 4.39 Å². The highest BCUT2D eigenvalue weighted by Crippen LogP contribution is 2.33. The van der Waals surface area contributed by atoms with Crippen LogP contribution in [-0.2, 0) is 4.74 Å². The molecule has 1 heterocycles. The van der Waals surface area contributed by atoms with Crippen molar-refractivity contribution < 1.29 is 18.7 Å². The number of nitrogens with zero attached hydrogens (tertiary/aromatic N) is 1. The Hall–Kier alpha value is -1.66. The molecule has 2 aromatic rings. The van der Waals surface area contributed by atoms with Gasteiger partial charge in [-0.25, -0.2) is 9.18 Å². The molecule has 4 nitrogen and oxygen atoms in total. The van der Waals surface area contributed by atoms with E-state index in [0.29, 0.717) is 5.75 Å². The van der Waals surface area contributed by atoms with E-state index in [1.165, 1.54) is 19.2 Å². The zero-order valence-corrected chi connectivity index (χ0v) is 11.6. The highest BCUT2D eigenvalue weighted by atomic mass is 35.5. The summed E-state index contributed by atoms with van der Waals surface area (Å²) in [7, 11) is 1.25. The first kappa shape index (κ1) is 13.8. The fourth-order valence-electron chi connectivity index (χ4n) is 1.32. The number of ether oxygens (including phenoxy) is 2. The number of aryl methyl sites for hydroxylation is 1. The van der Waals surface area contributed by atoms with Gasteiger partial charge in [-0.1, -0.05) is 29.0 Å². The molecule has 0 saturated heterocycles. The molecular weight excluding hydrogens is 293 g/mol. The van der Waals surface area contributed by atoms with Crippen LogP contribution in [-0.4, -0.2) is 18.1 Å². The average molecular weight is 302 g/mol. The minimum atomic E-state index is -0.590. The average Bonchev–Trinajstić information content (AvgIpc) is 2.74. The molecule has 0 aliphatic rings. The summed E-state index contributed by atoms with van der Waals surface area (Å²) in [5, 5.41) is 0.153. The van der Waals surface area contributed by atoms with E-state index in [0.717, 1.165) is 16.9 Å². The summed E-state index contributed by atoms with van der Waals surface area (Å²) >= 11 is 6.74. The maximum Gasteiger partial charge on any atom is 0.351 e. The number of rotatable bonds is 3. The molecule has 100 valence electrons. The first-order valence-electron chi connectivity index (χ1n) is 5.20. The molecule has 1 aromatic carbocycles. The lowest BCUT2D eigenvalue weighted by Crippen LogP contribution is -1.98. The van der Waals surface area contributed by atoms with Crippen LogP contribution in [0.5, 0.6) is 10.9 Å². The molecule has 0 saturated carbocycles. The van der Waals surface area contributed by atoms with Crippen LogP contribution in [0.1, 0.15) is 15.2 Å². The number of carbonyl (C=O) groups is 1. The van der Waals surface area contributed by atoms with Crippen molar-refractivity contribution in [2.75, 3.05) is 7.11 Å². The minimum Gasteiger partial charge on any atom is -0.465 e. The Morgan fingerprint density at radius 3 is 2.89 bits per heavy atom. The third-order valence-corrected chi connectivity index (χ3v) is 3.58. The molecule has 0 bridgehead atoms. The van der Waals surface area contributed by atoms with Crippen molar-refractivity contribution >= 4 is 28.9 Å². The lowest BCUT2D eigenvalue weighted by molar-refractivity contribution is 0.0606. The van der Waals surface area contributed by atoms with E-state index in [1.54, 1.807) is 13.0 Å². The number of esters is 1. The van der Waals surface area contributed by atoms with Crippen molar-refractivity contribution in [2.45, 2.75) is 6.92 Å². The summed E-state index contributed by atoms with van der Waals surface area (Å²) < 4.78 is 23.1. The zero-order valence-electron chi connectivity index (χ0n) is 10.1. The van der Waals surface area contributed by atoms with Crippen LogP contribution in [0.25, 0.3) is 0 Å². The quantitative estimate of drug-likeness (QED) is 0.809. The van der Waals surface area contributed by atoms with Crippen molar-refractivity contribution in [1.29, 1.82) is 0 Å². The van der Waals surface area contributed by atoms with E-state index in [-0.39, 0.29) is 15.2 Å². The Morgan fingerprint density at radius 2 is 2.21 bits per heavy atom. The normalized spacial score (nSPS) is 10.3. The van der Waals surface area contributed by atoms with Crippen molar-refractivity contribution in [2.24, 2.45) is 0 Å². The van der Waals surface area contributed by atoms with Crippen LogP contribution in [0.2, 0.25) is 5.15 Å². The summed E-state index contributed by atoms with van der Waals surface area (Å²) in [5.74, 6) is -0.688. The van der Waals surface area contributed by atoms with Gasteiger partial charge >= 0.3 is 5.97 Å². The number of aromatic nitrogens is 1. The molecule has 0 fully saturated rings. The van der Waals surface area contributed by atoms with Gasteiger partial charge in [0.2, 0.25) is 0 Å². The molecule has 0 N–H and O–H groups in total. The molecule has 7 heteroatoms. The van der Waals surface area contributed by atoms with Gasteiger partial charge in [0.15, 0.2) is 10.0 Å². The standard InChI is InChI=1S/C12H9ClFNO3S/c1-6-3-4-7(14)5-8(6)18-12-15-10(13)9(19-12)11(16)17-2/h3-5H,1-2H3. The lowest BCUT2D eigenvalue weighted by Gasteiger charge is -2.04. The summed E-state index contributed by atoms with van der Waals surface area (Å²) in [6, 6.07) is 4.15. The highest BCUT2D eigenvalue weighted by Gasteiger charge is 2.19. The molecule has 0 aliphatic heterocycles. The van der Waals surface area contributed by atoms with Gasteiger partial charge in [0.25, 0.3) is 5.19 Å². The third-order valence-electron chi connectivity index (χ3n) is 2.28. The fourth-order valence-corrected chi connectivity index (χ4v) is 2.38. The molecule has 19 heavy (non-hydrogen) atoms. The van der Waals surface area contributed by atoms with Gasteiger partial charge in [-0.3, -0.25) is 0 Å². The SMILES string of the molecule is COC(=O)c1sc(Oc2cc(F)ccc2C)nc1Cl. The first-order chi connectivity index (χ1) is 9.01. The van der Waals surface area contributed by atoms with Crippen molar-refractivity contribution in [3.63, 3.8) is 0 Å². The van der Waals surface area contributed by atoms with E-state index in [2.05, 4.69) is 9.72 Å². The second kappa shape index (κ2) is 5.54. The summed E-state index contributed by atoms with van der Waals surface area (Å²) in [4.78, 5) is 15.4. The Labute approximate surface area is 117 Å². The second-order valence-corrected chi connectivity index (χ2v) is 4.92. The number of hydrogen-bond donors (Lipinski definition) is 0. The largest absolute Gasteiger partial charge is 0.465 e. The molecule has 0 atom stereocenters. The minimum absolute atomic E-state index is 0.000839. The highest BCUT2D eigenvalue weighted by molar-refractivity contribution is 7.15. The number of hydrogen-bond acceptors (Lipinski definition) is 5. The fraction of sp³-hybridized carbons (Fsp3) is 0.167. The van der Waals surface area contributed by atoms with E-state index >= 15 is 0 Å². The summed E-state index contributed by atoms with van der Waals surface area (Å²) in [6.07, 6.45) is 0. The number of halogens is 2. The maximum absolute atomic E-state index is 13.1. The monoisotopic (exact) mass is 301 g/mol. The molecule has 0 spiro atoms. The third kappa shape index (κ3) is 3.02. The van der Waals surface area contributed by atoms with E-state index < -0.39 is 11.8 Å². The molecule has 0 unspecified atom stereocenters. The van der Waals surface area contributed by atoms with Gasteiger partial charge in [0.1, 0.15) is 11.6 Å². The van der Waals surface area contributed by atoms with Crippen molar-refractivity contribution in [3.8, 4) is 10.9 Å². The number of carbonyl (C=O) groups excluding carboxylic acids is 1. The number of benzene rings is 1. The van der Waals surface area contributed by atoms with Crippen LogP contribution >= 0.6 is 22.9 Å². The van der Waals surface area contributed by atoms with E-state index in [4.69, 9.17) is 16.3 Å². The van der Waals surface area contributed by atoms with Crippen molar-refractivity contribution in [1.82, 2.24) is 4.98 Å². The van der Waals surface area contributed by atoms with Crippen LogP contribution in [0.15, 0.2) is 18.2 Å². The zero-order chi connectivity index (χ0) is 14.0. The Bertz CT molecular complexity index is 629. The molecule has 1 aromatic heterocycles. The lowest BCUT2D eigenvalue weighted by atomic mass is 10.2. The molecule has 0 amide bonds. The van der Waals surface area contributed by atoms with Crippen molar-refractivity contribution in [3.05, 3.63) is 39.6 Å². The van der Waals surface area contributed by atoms with E-state index in [1.807, 2.05) is 0 Å². The number of thiazole rings is 1. The van der Waals surface area contributed by atoms with Crippen LogP contribution in [0, 0.1) is 12.7 Å². The summed E-state index contributed by atoms with van der Waals surface area (Å²) in [6.45, 7) is 1.77. The van der Waals surface area contributed by atoms with E-state index in [9.17, 15) is 9.18 Å². The Kier molecular flexibility index (Phi) is 4.01. The molecule has 0 radical (unpaired) electrons. The van der Waals surface area contributed by atoms with Gasteiger partial charge in [-0.2, -0.15) is 4.98 Å². The summed E-state index contributed by atoms with van der Waals surface area (Å²) in [5.41, 5.74) is 0.743. The second-order valence-electron chi connectivity index (χ2n) is 3.60. The predicted octanol–water partition coefficient (Wildman–Crippen LogP) is 3.82. The van der Waals surface area contributed by atoms with Gasteiger partial charge in [0.05, 0.1) is 7.11 Å². The Balaban J connectivity index is 2.29. The Morgan fingerprint density at radius 1 is 1.47 bits per heavy atom. The maximum atomic E-state index is 13.1. The number of methoxy groups -OCH3 is 1. The van der Waals surface area contributed by atoms with Gasteiger partial charge in [-0.15, -0.1) is 0 Å².